The molecule has 0 bridgehead atoms. The quantitative estimate of drug-likeness (QED) is 0.426. The number of aliphatic hydroxyl groups excluding tert-OH is 1. The molecule has 0 radical (unpaired) electrons. The summed E-state index contributed by atoms with van der Waals surface area (Å²) in [6.07, 6.45) is 12.7. The van der Waals surface area contributed by atoms with Crippen LogP contribution in [0.15, 0.2) is 0 Å². The zero-order valence-electron chi connectivity index (χ0n) is 18.9. The van der Waals surface area contributed by atoms with Gasteiger partial charge in [0.25, 0.3) is 0 Å². The van der Waals surface area contributed by atoms with Crippen molar-refractivity contribution in [1.82, 2.24) is 4.90 Å². The number of likely N-dealkylation sites (tertiary alicyclic amines) is 1. The van der Waals surface area contributed by atoms with E-state index < -0.39 is 11.1 Å². The van der Waals surface area contributed by atoms with Crippen molar-refractivity contribution in [2.75, 3.05) is 6.61 Å². The molecule has 0 spiro atoms. The molecule has 0 aliphatic carbocycles. The molecule has 1 saturated heterocycles. The van der Waals surface area contributed by atoms with Gasteiger partial charge in [0.2, 0.25) is 0 Å². The fourth-order valence-corrected chi connectivity index (χ4v) is 4.53. The molecular weight excluding hydrogens is 338 g/mol. The molecule has 1 heterocycles. The predicted molar refractivity (Wildman–Crippen MR) is 113 cm³/mol. The number of nitrogens with zero attached hydrogens (tertiary/aromatic N) is 1. The van der Waals surface area contributed by atoms with E-state index in [0.29, 0.717) is 13.0 Å². The standard InChI is InChI=1S/C23H45NO3/c1-7-8-9-10-11-12-13-14-15-16-17-27-21(26)24-22(3,4)18-20(25)19(2)23(24,5)6/h19-20,25H,7-18H2,1-6H3. The summed E-state index contributed by atoms with van der Waals surface area (Å²) in [6.45, 7) is 12.9. The first-order chi connectivity index (χ1) is 12.6. The molecule has 1 rings (SSSR count). The lowest BCUT2D eigenvalue weighted by Gasteiger charge is -2.56. The van der Waals surface area contributed by atoms with Crippen LogP contribution in [-0.4, -0.2) is 39.9 Å². The van der Waals surface area contributed by atoms with Crippen LogP contribution in [-0.2, 0) is 4.74 Å². The third-order valence-corrected chi connectivity index (χ3v) is 6.49. The summed E-state index contributed by atoms with van der Waals surface area (Å²) >= 11 is 0. The number of rotatable bonds is 11. The molecule has 4 heteroatoms. The Labute approximate surface area is 168 Å². The summed E-state index contributed by atoms with van der Waals surface area (Å²) in [5.41, 5.74) is -0.819. The van der Waals surface area contributed by atoms with Crippen LogP contribution in [0.4, 0.5) is 4.79 Å². The van der Waals surface area contributed by atoms with E-state index in [9.17, 15) is 9.90 Å². The first-order valence-electron chi connectivity index (χ1n) is 11.3. The molecule has 1 amide bonds. The third kappa shape index (κ3) is 7.29. The van der Waals surface area contributed by atoms with Gasteiger partial charge >= 0.3 is 6.09 Å². The minimum absolute atomic E-state index is 0.0235. The van der Waals surface area contributed by atoms with E-state index in [2.05, 4.69) is 6.92 Å². The number of carbonyl (C=O) groups excluding carboxylic acids is 1. The Kier molecular flexibility index (Phi) is 10.1. The number of unbranched alkanes of at least 4 members (excludes halogenated alkanes) is 9. The van der Waals surface area contributed by atoms with E-state index in [1.165, 1.54) is 51.4 Å². The van der Waals surface area contributed by atoms with Gasteiger partial charge in [0.15, 0.2) is 0 Å². The van der Waals surface area contributed by atoms with Crippen LogP contribution >= 0.6 is 0 Å². The molecule has 1 fully saturated rings. The third-order valence-electron chi connectivity index (χ3n) is 6.49. The second-order valence-corrected chi connectivity index (χ2v) is 9.66. The van der Waals surface area contributed by atoms with Gasteiger partial charge < -0.3 is 9.84 Å². The number of carbonyl (C=O) groups is 1. The highest BCUT2D eigenvalue weighted by Gasteiger charge is 2.52. The zero-order chi connectivity index (χ0) is 20.5. The fourth-order valence-electron chi connectivity index (χ4n) is 4.53. The van der Waals surface area contributed by atoms with E-state index in [1.807, 2.05) is 39.5 Å². The number of piperidine rings is 1. The molecule has 1 aliphatic heterocycles. The van der Waals surface area contributed by atoms with Crippen LogP contribution < -0.4 is 0 Å². The molecule has 2 atom stereocenters. The van der Waals surface area contributed by atoms with Crippen molar-refractivity contribution >= 4 is 6.09 Å². The van der Waals surface area contributed by atoms with Crippen LogP contribution in [0.3, 0.4) is 0 Å². The van der Waals surface area contributed by atoms with Crippen molar-refractivity contribution in [2.24, 2.45) is 5.92 Å². The van der Waals surface area contributed by atoms with Gasteiger partial charge in [-0.05, 0) is 40.5 Å². The fraction of sp³-hybridized carbons (Fsp3) is 0.957. The highest BCUT2D eigenvalue weighted by Crippen LogP contribution is 2.42. The Morgan fingerprint density at radius 3 is 1.96 bits per heavy atom. The van der Waals surface area contributed by atoms with Crippen LogP contribution in [0, 0.1) is 5.92 Å². The Morgan fingerprint density at radius 1 is 0.963 bits per heavy atom. The van der Waals surface area contributed by atoms with Crippen LogP contribution in [0.2, 0.25) is 0 Å². The van der Waals surface area contributed by atoms with Crippen molar-refractivity contribution in [3.63, 3.8) is 0 Å². The van der Waals surface area contributed by atoms with E-state index in [0.717, 1.165) is 12.8 Å². The Hall–Kier alpha value is -0.770. The molecule has 2 unspecified atom stereocenters. The molecule has 1 N–H and O–H groups in total. The number of ether oxygens (including phenoxy) is 1. The molecule has 27 heavy (non-hydrogen) atoms. The molecule has 160 valence electrons. The predicted octanol–water partition coefficient (Wildman–Crippen LogP) is 6.30. The Morgan fingerprint density at radius 2 is 1.44 bits per heavy atom. The Balaban J connectivity index is 2.26. The van der Waals surface area contributed by atoms with Crippen LogP contribution in [0.5, 0.6) is 0 Å². The van der Waals surface area contributed by atoms with Gasteiger partial charge in [-0.15, -0.1) is 0 Å². The van der Waals surface area contributed by atoms with Crippen LogP contribution in [0.25, 0.3) is 0 Å². The summed E-state index contributed by atoms with van der Waals surface area (Å²) in [6, 6.07) is 0. The van der Waals surface area contributed by atoms with E-state index in [1.54, 1.807) is 0 Å². The highest BCUT2D eigenvalue weighted by molar-refractivity contribution is 5.70. The maximum absolute atomic E-state index is 12.8. The monoisotopic (exact) mass is 383 g/mol. The summed E-state index contributed by atoms with van der Waals surface area (Å²) in [7, 11) is 0. The first-order valence-corrected chi connectivity index (χ1v) is 11.3. The summed E-state index contributed by atoms with van der Waals surface area (Å²) < 4.78 is 5.61. The molecule has 4 nitrogen and oxygen atoms in total. The maximum Gasteiger partial charge on any atom is 0.410 e. The minimum atomic E-state index is -0.421. The van der Waals surface area contributed by atoms with E-state index >= 15 is 0 Å². The second-order valence-electron chi connectivity index (χ2n) is 9.66. The molecule has 1 aliphatic rings. The lowest BCUT2D eigenvalue weighted by atomic mass is 9.72. The number of hydrogen-bond donors (Lipinski definition) is 1. The van der Waals surface area contributed by atoms with Gasteiger partial charge in [0.05, 0.1) is 12.7 Å². The zero-order valence-corrected chi connectivity index (χ0v) is 18.9. The van der Waals surface area contributed by atoms with Gasteiger partial charge in [-0.25, -0.2) is 4.79 Å². The van der Waals surface area contributed by atoms with Crippen molar-refractivity contribution in [3.8, 4) is 0 Å². The Bertz CT molecular complexity index is 433. The van der Waals surface area contributed by atoms with Crippen molar-refractivity contribution in [2.45, 2.75) is 129 Å². The summed E-state index contributed by atoms with van der Waals surface area (Å²) in [4.78, 5) is 14.6. The second kappa shape index (κ2) is 11.3. The van der Waals surface area contributed by atoms with Crippen molar-refractivity contribution in [1.29, 1.82) is 0 Å². The molecule has 0 aromatic carbocycles. The van der Waals surface area contributed by atoms with E-state index in [-0.39, 0.29) is 18.1 Å². The average Bonchev–Trinajstić information content (AvgIpc) is 2.57. The van der Waals surface area contributed by atoms with Gasteiger partial charge in [0.1, 0.15) is 0 Å². The SMILES string of the molecule is CCCCCCCCCCCCOC(=O)N1C(C)(C)CC(O)C(C)C1(C)C. The molecular formula is C23H45NO3. The number of hydrogen-bond acceptors (Lipinski definition) is 3. The molecule has 0 saturated carbocycles. The lowest BCUT2D eigenvalue weighted by Crippen LogP contribution is -2.67. The van der Waals surface area contributed by atoms with Gasteiger partial charge in [0, 0.05) is 17.0 Å². The highest BCUT2D eigenvalue weighted by atomic mass is 16.6. The molecule has 0 aromatic rings. The van der Waals surface area contributed by atoms with Crippen molar-refractivity contribution in [3.05, 3.63) is 0 Å². The summed E-state index contributed by atoms with van der Waals surface area (Å²) in [5, 5.41) is 10.3. The normalized spacial score (nSPS) is 24.0. The smallest absolute Gasteiger partial charge is 0.410 e. The topological polar surface area (TPSA) is 49.8 Å². The lowest BCUT2D eigenvalue weighted by molar-refractivity contribution is -0.106. The maximum atomic E-state index is 12.8. The van der Waals surface area contributed by atoms with Gasteiger partial charge in [-0.1, -0.05) is 71.6 Å². The minimum Gasteiger partial charge on any atom is -0.449 e. The first kappa shape index (κ1) is 24.3. The summed E-state index contributed by atoms with van der Waals surface area (Å²) in [5.74, 6) is 0.0235. The van der Waals surface area contributed by atoms with Gasteiger partial charge in [-0.2, -0.15) is 0 Å². The van der Waals surface area contributed by atoms with E-state index in [4.69, 9.17) is 4.74 Å². The number of aliphatic hydroxyl groups is 1. The number of amides is 1. The average molecular weight is 384 g/mol. The van der Waals surface area contributed by atoms with Gasteiger partial charge in [-0.3, -0.25) is 4.90 Å². The molecule has 0 aromatic heterocycles. The van der Waals surface area contributed by atoms with Crippen LogP contribution in [0.1, 0.15) is 112 Å². The largest absolute Gasteiger partial charge is 0.449 e. The van der Waals surface area contributed by atoms with Crippen molar-refractivity contribution < 1.29 is 14.6 Å².